The molecule has 0 fully saturated rings. The molecule has 0 heterocycles. The van der Waals surface area contributed by atoms with Gasteiger partial charge in [-0.1, -0.05) is 0 Å². The molecule has 0 aromatic rings. The molecule has 0 saturated carbocycles. The van der Waals surface area contributed by atoms with Crippen molar-refractivity contribution in [1.29, 1.82) is 0 Å². The molecular weight excluding hydrogens is 190 g/mol. The van der Waals surface area contributed by atoms with Gasteiger partial charge in [-0.3, -0.25) is 9.63 Å². The van der Waals surface area contributed by atoms with Crippen LogP contribution in [0.2, 0.25) is 0 Å². The van der Waals surface area contributed by atoms with Crippen LogP contribution in [0.15, 0.2) is 0 Å². The molecule has 1 N–H and O–H groups in total. The van der Waals surface area contributed by atoms with E-state index in [2.05, 4.69) is 4.84 Å². The first-order chi connectivity index (χ1) is 6.56. The number of carbonyl (C=O) groups excluding carboxylic acids is 1. The molecule has 0 aliphatic carbocycles. The first kappa shape index (κ1) is 13.3. The lowest BCUT2D eigenvalue weighted by atomic mass is 10.2. The summed E-state index contributed by atoms with van der Waals surface area (Å²) >= 11 is 0. The Balaban J connectivity index is 4.03. The van der Waals surface area contributed by atoms with Crippen LogP contribution in [-0.2, 0) is 19.1 Å². The second kappa shape index (κ2) is 6.72. The maximum Gasteiger partial charge on any atom is 0.248 e. The Morgan fingerprint density at radius 1 is 1.36 bits per heavy atom. The molecule has 6 nitrogen and oxygen atoms in total. The molecule has 0 aliphatic rings. The normalized spacial score (nSPS) is 13.0. The van der Waals surface area contributed by atoms with Crippen molar-refractivity contribution in [2.75, 3.05) is 28.4 Å². The number of hydrogen-bond donors (Lipinski definition) is 1. The van der Waals surface area contributed by atoms with Crippen molar-refractivity contribution >= 4 is 5.91 Å². The molecule has 0 spiro atoms. The van der Waals surface area contributed by atoms with E-state index in [1.54, 1.807) is 0 Å². The predicted molar refractivity (Wildman–Crippen MR) is 48.2 cm³/mol. The molecule has 0 radical (unpaired) electrons. The van der Waals surface area contributed by atoms with Crippen molar-refractivity contribution in [3.05, 3.63) is 0 Å². The Hall–Kier alpha value is -0.690. The van der Waals surface area contributed by atoms with E-state index >= 15 is 0 Å². The molecule has 14 heavy (non-hydrogen) atoms. The maximum atomic E-state index is 11.3. The molecule has 0 rings (SSSR count). The van der Waals surface area contributed by atoms with Crippen molar-refractivity contribution in [3.8, 4) is 0 Å². The fourth-order valence-electron chi connectivity index (χ4n) is 0.916. The molecule has 0 bridgehead atoms. The zero-order valence-corrected chi connectivity index (χ0v) is 8.89. The molecule has 6 heteroatoms. The summed E-state index contributed by atoms with van der Waals surface area (Å²) in [5.41, 5.74) is 0. The van der Waals surface area contributed by atoms with Crippen LogP contribution in [0.3, 0.4) is 0 Å². The zero-order chi connectivity index (χ0) is 11.1. The van der Waals surface area contributed by atoms with Gasteiger partial charge < -0.3 is 14.6 Å². The van der Waals surface area contributed by atoms with Gasteiger partial charge in [0.15, 0.2) is 6.29 Å². The summed E-state index contributed by atoms with van der Waals surface area (Å²) in [5.74, 6) is -0.348. The van der Waals surface area contributed by atoms with E-state index in [1.807, 2.05) is 0 Å². The Labute approximate surface area is 83.3 Å². The molecular formula is C8H17NO5. The first-order valence-electron chi connectivity index (χ1n) is 4.11. The van der Waals surface area contributed by atoms with Gasteiger partial charge in [0.05, 0.1) is 13.5 Å². The lowest BCUT2D eigenvalue weighted by Gasteiger charge is -2.21. The summed E-state index contributed by atoms with van der Waals surface area (Å²) in [5, 5.41) is 10.5. The summed E-state index contributed by atoms with van der Waals surface area (Å²) in [6, 6.07) is 0. The predicted octanol–water partition coefficient (Wildman–Crippen LogP) is -0.624. The number of hydroxylamine groups is 2. The highest BCUT2D eigenvalue weighted by molar-refractivity contribution is 5.75. The van der Waals surface area contributed by atoms with Gasteiger partial charge in [0.1, 0.15) is 6.10 Å². The number of aliphatic hydroxyl groups excluding tert-OH is 1. The van der Waals surface area contributed by atoms with E-state index in [9.17, 15) is 9.90 Å². The second-order valence-electron chi connectivity index (χ2n) is 2.69. The van der Waals surface area contributed by atoms with Crippen molar-refractivity contribution < 1.29 is 24.2 Å². The average molecular weight is 207 g/mol. The number of ether oxygens (including phenoxy) is 2. The summed E-state index contributed by atoms with van der Waals surface area (Å²) in [6.07, 6.45) is -1.92. The summed E-state index contributed by atoms with van der Waals surface area (Å²) in [7, 11) is 5.61. The minimum absolute atomic E-state index is 0.114. The van der Waals surface area contributed by atoms with Crippen molar-refractivity contribution in [3.63, 3.8) is 0 Å². The van der Waals surface area contributed by atoms with Crippen LogP contribution in [0.1, 0.15) is 6.42 Å². The van der Waals surface area contributed by atoms with Crippen molar-refractivity contribution in [2.24, 2.45) is 0 Å². The standard InChI is InChI=1S/C8H17NO5/c1-9(14-4)7(11)5-6(10)8(12-2)13-3/h6,8,10H,5H2,1-4H3. The van der Waals surface area contributed by atoms with Crippen LogP contribution in [0.4, 0.5) is 0 Å². The van der Waals surface area contributed by atoms with Crippen molar-refractivity contribution in [1.82, 2.24) is 5.06 Å². The van der Waals surface area contributed by atoms with Crippen LogP contribution in [0.25, 0.3) is 0 Å². The van der Waals surface area contributed by atoms with E-state index in [1.165, 1.54) is 28.4 Å². The highest BCUT2D eigenvalue weighted by atomic mass is 16.7. The molecule has 1 atom stereocenters. The molecule has 1 amide bonds. The largest absolute Gasteiger partial charge is 0.387 e. The van der Waals surface area contributed by atoms with Gasteiger partial charge in [-0.15, -0.1) is 0 Å². The van der Waals surface area contributed by atoms with Crippen LogP contribution in [0.5, 0.6) is 0 Å². The lowest BCUT2D eigenvalue weighted by Crippen LogP contribution is -2.36. The second-order valence-corrected chi connectivity index (χ2v) is 2.69. The number of methoxy groups -OCH3 is 2. The highest BCUT2D eigenvalue weighted by Gasteiger charge is 2.22. The lowest BCUT2D eigenvalue weighted by molar-refractivity contribution is -0.187. The number of aliphatic hydroxyl groups is 1. The van der Waals surface area contributed by atoms with Gasteiger partial charge in [0.25, 0.3) is 0 Å². The number of rotatable bonds is 6. The van der Waals surface area contributed by atoms with E-state index < -0.39 is 12.4 Å². The maximum absolute atomic E-state index is 11.3. The van der Waals surface area contributed by atoms with E-state index in [-0.39, 0.29) is 12.3 Å². The number of nitrogens with zero attached hydrogens (tertiary/aromatic N) is 1. The summed E-state index contributed by atoms with van der Waals surface area (Å²) in [4.78, 5) is 15.9. The summed E-state index contributed by atoms with van der Waals surface area (Å²) < 4.78 is 9.58. The fraction of sp³-hybridized carbons (Fsp3) is 0.875. The van der Waals surface area contributed by atoms with Gasteiger partial charge in [0.2, 0.25) is 5.91 Å². The Bertz CT molecular complexity index is 171. The highest BCUT2D eigenvalue weighted by Crippen LogP contribution is 2.05. The first-order valence-corrected chi connectivity index (χ1v) is 4.11. The molecule has 84 valence electrons. The number of carbonyl (C=O) groups is 1. The van der Waals surface area contributed by atoms with Gasteiger partial charge in [-0.2, -0.15) is 0 Å². The third kappa shape index (κ3) is 4.01. The monoisotopic (exact) mass is 207 g/mol. The smallest absolute Gasteiger partial charge is 0.248 e. The zero-order valence-electron chi connectivity index (χ0n) is 8.89. The fourth-order valence-corrected chi connectivity index (χ4v) is 0.916. The van der Waals surface area contributed by atoms with Crippen LogP contribution >= 0.6 is 0 Å². The third-order valence-electron chi connectivity index (χ3n) is 1.79. The van der Waals surface area contributed by atoms with Gasteiger partial charge >= 0.3 is 0 Å². The average Bonchev–Trinajstić information content (AvgIpc) is 2.18. The molecule has 0 aliphatic heterocycles. The SMILES string of the molecule is COC(OC)C(O)CC(=O)N(C)OC. The minimum atomic E-state index is -1.00. The summed E-state index contributed by atoms with van der Waals surface area (Å²) in [6.45, 7) is 0. The Morgan fingerprint density at radius 2 is 1.86 bits per heavy atom. The Kier molecular flexibility index (Phi) is 6.39. The molecule has 0 aromatic carbocycles. The van der Waals surface area contributed by atoms with E-state index in [4.69, 9.17) is 9.47 Å². The Morgan fingerprint density at radius 3 is 2.21 bits per heavy atom. The van der Waals surface area contributed by atoms with Crippen molar-refractivity contribution in [2.45, 2.75) is 18.8 Å². The van der Waals surface area contributed by atoms with Gasteiger partial charge in [-0.25, -0.2) is 5.06 Å². The van der Waals surface area contributed by atoms with Crippen LogP contribution in [0, 0.1) is 0 Å². The number of amides is 1. The minimum Gasteiger partial charge on any atom is -0.387 e. The van der Waals surface area contributed by atoms with E-state index in [0.717, 1.165) is 5.06 Å². The quantitative estimate of drug-likeness (QED) is 0.464. The van der Waals surface area contributed by atoms with E-state index in [0.29, 0.717) is 0 Å². The third-order valence-corrected chi connectivity index (χ3v) is 1.79. The molecule has 0 saturated heterocycles. The van der Waals surface area contributed by atoms with Crippen LogP contribution in [-0.4, -0.2) is 56.8 Å². The number of hydrogen-bond acceptors (Lipinski definition) is 5. The molecule has 0 aromatic heterocycles. The topological polar surface area (TPSA) is 68.2 Å². The van der Waals surface area contributed by atoms with Crippen LogP contribution < -0.4 is 0 Å². The molecule has 1 unspecified atom stereocenters. The van der Waals surface area contributed by atoms with Gasteiger partial charge in [0, 0.05) is 21.3 Å². The van der Waals surface area contributed by atoms with Gasteiger partial charge in [-0.05, 0) is 0 Å².